The number of carboxylic acids is 1. The first-order valence-electron chi connectivity index (χ1n) is 8.57. The molecule has 0 spiro atoms. The number of nitrogens with one attached hydrogen (secondary N) is 1. The average molecular weight is 341 g/mol. The minimum atomic E-state index is -1.15. The third-order valence-corrected chi connectivity index (χ3v) is 5.00. The normalized spacial score (nSPS) is 23.2. The van der Waals surface area contributed by atoms with Gasteiger partial charge in [-0.25, -0.2) is 9.48 Å². The van der Waals surface area contributed by atoms with E-state index in [-0.39, 0.29) is 5.91 Å². The van der Waals surface area contributed by atoms with E-state index in [1.54, 1.807) is 35.1 Å². The first-order chi connectivity index (χ1) is 11.9. The van der Waals surface area contributed by atoms with Gasteiger partial charge in [-0.15, -0.1) is 0 Å². The van der Waals surface area contributed by atoms with Gasteiger partial charge in [-0.05, 0) is 68.4 Å². The maximum atomic E-state index is 12.6. The summed E-state index contributed by atoms with van der Waals surface area (Å²) in [7, 11) is 0. The lowest BCUT2D eigenvalue weighted by molar-refractivity contribution is -0.146. The van der Waals surface area contributed by atoms with Gasteiger partial charge in [-0.2, -0.15) is 5.10 Å². The molecule has 3 rings (SSSR count). The van der Waals surface area contributed by atoms with Crippen molar-refractivity contribution >= 4 is 11.9 Å². The van der Waals surface area contributed by atoms with Crippen molar-refractivity contribution in [2.24, 2.45) is 5.92 Å². The standard InChI is InChI=1S/C19H23N3O3/c1-13-7-9-19(10-8-13,18(24)25)21-17(23)15-3-5-16(6-4-15)22-12-14(2)11-20-22/h3-6,11-13H,7-10H2,1-2H3,(H,21,23)(H,24,25). The van der Waals surface area contributed by atoms with Crippen LogP contribution in [0.1, 0.15) is 48.5 Å². The van der Waals surface area contributed by atoms with Crippen molar-refractivity contribution in [1.82, 2.24) is 15.1 Å². The summed E-state index contributed by atoms with van der Waals surface area (Å²) in [5.74, 6) is -0.794. The van der Waals surface area contributed by atoms with E-state index >= 15 is 0 Å². The lowest BCUT2D eigenvalue weighted by Gasteiger charge is -2.36. The van der Waals surface area contributed by atoms with Crippen molar-refractivity contribution in [1.29, 1.82) is 0 Å². The maximum Gasteiger partial charge on any atom is 0.329 e. The van der Waals surface area contributed by atoms with Crippen molar-refractivity contribution < 1.29 is 14.7 Å². The second-order valence-corrected chi connectivity index (χ2v) is 7.03. The molecule has 0 bridgehead atoms. The number of aliphatic carboxylic acids is 1. The summed E-state index contributed by atoms with van der Waals surface area (Å²) < 4.78 is 1.73. The smallest absolute Gasteiger partial charge is 0.329 e. The van der Waals surface area contributed by atoms with Gasteiger partial charge in [0.1, 0.15) is 5.54 Å². The molecule has 0 radical (unpaired) electrons. The molecule has 1 heterocycles. The van der Waals surface area contributed by atoms with Crippen molar-refractivity contribution in [2.45, 2.75) is 45.1 Å². The highest BCUT2D eigenvalue weighted by Gasteiger charge is 2.42. The number of aryl methyl sites for hydroxylation is 1. The minimum absolute atomic E-state index is 0.347. The Balaban J connectivity index is 1.75. The summed E-state index contributed by atoms with van der Waals surface area (Å²) in [5, 5.41) is 16.6. The van der Waals surface area contributed by atoms with Gasteiger partial charge in [0.25, 0.3) is 5.91 Å². The molecule has 2 N–H and O–H groups in total. The molecule has 6 heteroatoms. The molecule has 1 aromatic heterocycles. The van der Waals surface area contributed by atoms with E-state index in [4.69, 9.17) is 0 Å². The predicted molar refractivity (Wildman–Crippen MR) is 93.8 cm³/mol. The van der Waals surface area contributed by atoms with Crippen molar-refractivity contribution in [3.05, 3.63) is 47.8 Å². The van der Waals surface area contributed by atoms with E-state index in [2.05, 4.69) is 17.3 Å². The predicted octanol–water partition coefficient (Wildman–Crippen LogP) is 2.94. The highest BCUT2D eigenvalue weighted by Crippen LogP contribution is 2.32. The van der Waals surface area contributed by atoms with E-state index in [9.17, 15) is 14.7 Å². The Kier molecular flexibility index (Phi) is 4.61. The highest BCUT2D eigenvalue weighted by atomic mass is 16.4. The van der Waals surface area contributed by atoms with Crippen LogP contribution < -0.4 is 5.32 Å². The average Bonchev–Trinajstić information content (AvgIpc) is 3.03. The molecule has 0 atom stereocenters. The zero-order valence-corrected chi connectivity index (χ0v) is 14.5. The molecule has 1 aromatic carbocycles. The third kappa shape index (κ3) is 3.57. The third-order valence-electron chi connectivity index (χ3n) is 5.00. The first kappa shape index (κ1) is 17.2. The molecule has 1 aliphatic rings. The van der Waals surface area contributed by atoms with Gasteiger partial charge < -0.3 is 10.4 Å². The summed E-state index contributed by atoms with van der Waals surface area (Å²) in [4.78, 5) is 24.3. The van der Waals surface area contributed by atoms with Gasteiger partial charge >= 0.3 is 5.97 Å². The molecule has 1 amide bonds. The van der Waals surface area contributed by atoms with Crippen LogP contribution >= 0.6 is 0 Å². The fourth-order valence-corrected chi connectivity index (χ4v) is 3.26. The van der Waals surface area contributed by atoms with Crippen LogP contribution in [0.25, 0.3) is 5.69 Å². The van der Waals surface area contributed by atoms with E-state index in [1.807, 2.05) is 13.1 Å². The summed E-state index contributed by atoms with van der Waals surface area (Å²) in [5.41, 5.74) is 1.20. The number of rotatable bonds is 4. The zero-order chi connectivity index (χ0) is 18.0. The Morgan fingerprint density at radius 1 is 1.24 bits per heavy atom. The van der Waals surface area contributed by atoms with E-state index in [0.29, 0.717) is 24.3 Å². The number of aromatic nitrogens is 2. The van der Waals surface area contributed by atoms with Crippen LogP contribution in [0.3, 0.4) is 0 Å². The van der Waals surface area contributed by atoms with E-state index in [0.717, 1.165) is 24.1 Å². The molecular weight excluding hydrogens is 318 g/mol. The Labute approximate surface area is 146 Å². The zero-order valence-electron chi connectivity index (χ0n) is 14.5. The molecule has 0 unspecified atom stereocenters. The van der Waals surface area contributed by atoms with Crippen molar-refractivity contribution in [3.8, 4) is 5.69 Å². The Morgan fingerprint density at radius 3 is 2.40 bits per heavy atom. The van der Waals surface area contributed by atoms with Gasteiger partial charge in [0, 0.05) is 11.8 Å². The quantitative estimate of drug-likeness (QED) is 0.895. The number of amides is 1. The summed E-state index contributed by atoms with van der Waals surface area (Å²) in [6, 6.07) is 7.00. The summed E-state index contributed by atoms with van der Waals surface area (Å²) in [6.45, 7) is 4.07. The molecule has 132 valence electrons. The second-order valence-electron chi connectivity index (χ2n) is 7.03. The number of carbonyl (C=O) groups is 2. The van der Waals surface area contributed by atoms with Gasteiger partial charge in [-0.1, -0.05) is 6.92 Å². The fourth-order valence-electron chi connectivity index (χ4n) is 3.26. The van der Waals surface area contributed by atoms with Crippen molar-refractivity contribution in [3.63, 3.8) is 0 Å². The van der Waals surface area contributed by atoms with Crippen LogP contribution in [0.5, 0.6) is 0 Å². The summed E-state index contributed by atoms with van der Waals surface area (Å²) in [6.07, 6.45) is 6.23. The van der Waals surface area contributed by atoms with Gasteiger partial charge in [0.05, 0.1) is 11.9 Å². The molecule has 1 saturated carbocycles. The molecule has 6 nitrogen and oxygen atoms in total. The molecule has 0 saturated heterocycles. The first-order valence-corrected chi connectivity index (χ1v) is 8.57. The molecular formula is C19H23N3O3. The fraction of sp³-hybridized carbons (Fsp3) is 0.421. The van der Waals surface area contributed by atoms with Gasteiger partial charge in [-0.3, -0.25) is 4.79 Å². The van der Waals surface area contributed by atoms with Gasteiger partial charge in [0.2, 0.25) is 0 Å². The van der Waals surface area contributed by atoms with Crippen LogP contribution in [-0.4, -0.2) is 32.3 Å². The van der Waals surface area contributed by atoms with E-state index in [1.165, 1.54) is 0 Å². The lowest BCUT2D eigenvalue weighted by atomic mass is 9.77. The lowest BCUT2D eigenvalue weighted by Crippen LogP contribution is -2.56. The van der Waals surface area contributed by atoms with Crippen LogP contribution in [0.15, 0.2) is 36.7 Å². The second kappa shape index (κ2) is 6.70. The number of carboxylic acid groups (broad SMARTS) is 1. The molecule has 2 aromatic rings. The van der Waals surface area contributed by atoms with Gasteiger partial charge in [0.15, 0.2) is 0 Å². The molecule has 1 fully saturated rings. The molecule has 1 aliphatic carbocycles. The largest absolute Gasteiger partial charge is 0.480 e. The summed E-state index contributed by atoms with van der Waals surface area (Å²) >= 11 is 0. The van der Waals surface area contributed by atoms with Crippen molar-refractivity contribution in [2.75, 3.05) is 0 Å². The Hall–Kier alpha value is -2.63. The SMILES string of the molecule is Cc1cnn(-c2ccc(C(=O)NC3(C(=O)O)CCC(C)CC3)cc2)c1. The molecule has 0 aliphatic heterocycles. The molecule has 25 heavy (non-hydrogen) atoms. The number of carbonyl (C=O) groups excluding carboxylic acids is 1. The van der Waals surface area contributed by atoms with E-state index < -0.39 is 11.5 Å². The van der Waals surface area contributed by atoms with Crippen LogP contribution in [0, 0.1) is 12.8 Å². The van der Waals surface area contributed by atoms with Crippen LogP contribution in [0.4, 0.5) is 0 Å². The number of nitrogens with zero attached hydrogens (tertiary/aromatic N) is 2. The monoisotopic (exact) mass is 341 g/mol. The number of benzene rings is 1. The van der Waals surface area contributed by atoms with Crippen LogP contribution in [-0.2, 0) is 4.79 Å². The maximum absolute atomic E-state index is 12.6. The highest BCUT2D eigenvalue weighted by molar-refractivity contribution is 5.98. The Bertz CT molecular complexity index is 771. The number of hydrogen-bond donors (Lipinski definition) is 2. The topological polar surface area (TPSA) is 84.2 Å². The minimum Gasteiger partial charge on any atom is -0.480 e. The number of hydrogen-bond acceptors (Lipinski definition) is 3. The Morgan fingerprint density at radius 2 is 1.88 bits per heavy atom. The van der Waals surface area contributed by atoms with Crippen LogP contribution in [0.2, 0.25) is 0 Å².